The van der Waals surface area contributed by atoms with Gasteiger partial charge in [0.05, 0.1) is 13.4 Å². The standard InChI is InChI=1S/C10H13NO3/c1-13-10(12)9-5-7(6-14-9)8-3-2-4-11-8/h5-6,8,11H,2-4H2,1H3. The number of furan rings is 1. The van der Waals surface area contributed by atoms with E-state index in [9.17, 15) is 4.79 Å². The quantitative estimate of drug-likeness (QED) is 0.726. The van der Waals surface area contributed by atoms with Crippen molar-refractivity contribution >= 4 is 5.97 Å². The van der Waals surface area contributed by atoms with Gasteiger partial charge in [-0.05, 0) is 25.5 Å². The van der Waals surface area contributed by atoms with Crippen LogP contribution in [-0.4, -0.2) is 19.6 Å². The van der Waals surface area contributed by atoms with Crippen LogP contribution in [0.15, 0.2) is 16.7 Å². The Hall–Kier alpha value is -1.29. The zero-order valence-electron chi connectivity index (χ0n) is 8.08. The number of nitrogens with one attached hydrogen (secondary N) is 1. The number of hydrogen-bond donors (Lipinski definition) is 1. The smallest absolute Gasteiger partial charge is 0.373 e. The molecular weight excluding hydrogens is 182 g/mol. The topological polar surface area (TPSA) is 51.5 Å². The molecule has 1 aromatic rings. The van der Waals surface area contributed by atoms with Gasteiger partial charge in [0.15, 0.2) is 0 Å². The maximum Gasteiger partial charge on any atom is 0.373 e. The second-order valence-corrected chi connectivity index (χ2v) is 3.38. The maximum atomic E-state index is 11.1. The highest BCUT2D eigenvalue weighted by molar-refractivity contribution is 5.86. The number of rotatable bonds is 2. The van der Waals surface area contributed by atoms with Crippen molar-refractivity contribution in [3.8, 4) is 0 Å². The van der Waals surface area contributed by atoms with E-state index >= 15 is 0 Å². The van der Waals surface area contributed by atoms with Crippen molar-refractivity contribution < 1.29 is 13.9 Å². The fraction of sp³-hybridized carbons (Fsp3) is 0.500. The molecule has 0 amide bonds. The van der Waals surface area contributed by atoms with E-state index in [1.807, 2.05) is 0 Å². The van der Waals surface area contributed by atoms with Crippen molar-refractivity contribution in [3.05, 3.63) is 23.7 Å². The van der Waals surface area contributed by atoms with Gasteiger partial charge in [-0.15, -0.1) is 0 Å². The van der Waals surface area contributed by atoms with E-state index in [0.717, 1.165) is 18.5 Å². The second-order valence-electron chi connectivity index (χ2n) is 3.38. The van der Waals surface area contributed by atoms with Gasteiger partial charge in [-0.25, -0.2) is 4.79 Å². The van der Waals surface area contributed by atoms with Gasteiger partial charge in [0.25, 0.3) is 0 Å². The summed E-state index contributed by atoms with van der Waals surface area (Å²) < 4.78 is 9.67. The number of carbonyl (C=O) groups is 1. The van der Waals surface area contributed by atoms with Gasteiger partial charge in [-0.2, -0.15) is 0 Å². The van der Waals surface area contributed by atoms with Crippen LogP contribution in [0.4, 0.5) is 0 Å². The van der Waals surface area contributed by atoms with E-state index in [4.69, 9.17) is 4.42 Å². The summed E-state index contributed by atoms with van der Waals surface area (Å²) in [6.45, 7) is 1.03. The molecule has 1 atom stereocenters. The summed E-state index contributed by atoms with van der Waals surface area (Å²) in [7, 11) is 1.35. The number of esters is 1. The van der Waals surface area contributed by atoms with Crippen molar-refractivity contribution in [2.75, 3.05) is 13.7 Å². The zero-order valence-corrected chi connectivity index (χ0v) is 8.08. The van der Waals surface area contributed by atoms with E-state index in [1.54, 1.807) is 12.3 Å². The molecule has 0 spiro atoms. The minimum absolute atomic E-state index is 0.274. The van der Waals surface area contributed by atoms with Gasteiger partial charge >= 0.3 is 5.97 Å². The van der Waals surface area contributed by atoms with Gasteiger partial charge < -0.3 is 14.5 Å². The zero-order chi connectivity index (χ0) is 9.97. The molecule has 14 heavy (non-hydrogen) atoms. The Morgan fingerprint density at radius 3 is 3.21 bits per heavy atom. The Bertz CT molecular complexity index is 326. The van der Waals surface area contributed by atoms with E-state index in [0.29, 0.717) is 6.04 Å². The van der Waals surface area contributed by atoms with Gasteiger partial charge in [0, 0.05) is 11.6 Å². The van der Waals surface area contributed by atoms with Gasteiger partial charge in [-0.3, -0.25) is 0 Å². The molecule has 1 fully saturated rings. The summed E-state index contributed by atoms with van der Waals surface area (Å²) >= 11 is 0. The van der Waals surface area contributed by atoms with Crippen LogP contribution in [0, 0.1) is 0 Å². The Kier molecular flexibility index (Phi) is 2.54. The fourth-order valence-electron chi connectivity index (χ4n) is 1.71. The molecule has 1 N–H and O–H groups in total. The molecule has 1 aliphatic rings. The molecule has 1 aliphatic heterocycles. The lowest BCUT2D eigenvalue weighted by atomic mass is 10.1. The molecule has 1 saturated heterocycles. The second kappa shape index (κ2) is 3.84. The lowest BCUT2D eigenvalue weighted by molar-refractivity contribution is 0.0565. The van der Waals surface area contributed by atoms with E-state index in [1.165, 1.54) is 13.5 Å². The van der Waals surface area contributed by atoms with E-state index in [2.05, 4.69) is 10.1 Å². The van der Waals surface area contributed by atoms with Crippen molar-refractivity contribution in [3.63, 3.8) is 0 Å². The third-order valence-electron chi connectivity index (χ3n) is 2.47. The molecule has 1 unspecified atom stereocenters. The van der Waals surface area contributed by atoms with Crippen LogP contribution in [0.1, 0.15) is 35.0 Å². The summed E-state index contributed by atoms with van der Waals surface area (Å²) in [5, 5.41) is 3.33. The Morgan fingerprint density at radius 2 is 2.57 bits per heavy atom. The summed E-state index contributed by atoms with van der Waals surface area (Å²) in [4.78, 5) is 11.1. The molecule has 0 radical (unpaired) electrons. The molecule has 4 heteroatoms. The predicted octanol–water partition coefficient (Wildman–Crippen LogP) is 1.49. The molecule has 0 aromatic carbocycles. The molecule has 1 aromatic heterocycles. The molecule has 0 aliphatic carbocycles. The van der Waals surface area contributed by atoms with E-state index < -0.39 is 5.97 Å². The largest absolute Gasteiger partial charge is 0.463 e. The number of ether oxygens (including phenoxy) is 1. The van der Waals surface area contributed by atoms with Crippen LogP contribution < -0.4 is 5.32 Å². The third kappa shape index (κ3) is 1.65. The first-order chi connectivity index (χ1) is 6.81. The average molecular weight is 195 g/mol. The van der Waals surface area contributed by atoms with Crippen LogP contribution in [0.2, 0.25) is 0 Å². The molecular formula is C10H13NO3. The van der Waals surface area contributed by atoms with Crippen molar-refractivity contribution in [1.29, 1.82) is 0 Å². The molecule has 2 heterocycles. The number of hydrogen-bond acceptors (Lipinski definition) is 4. The van der Waals surface area contributed by atoms with Crippen LogP contribution in [0.5, 0.6) is 0 Å². The SMILES string of the molecule is COC(=O)c1cc(C2CCCN2)co1. The molecule has 0 saturated carbocycles. The Balaban J connectivity index is 2.12. The highest BCUT2D eigenvalue weighted by Gasteiger charge is 2.20. The molecule has 2 rings (SSSR count). The predicted molar refractivity (Wildman–Crippen MR) is 50.0 cm³/mol. The minimum Gasteiger partial charge on any atom is -0.463 e. The first-order valence-electron chi connectivity index (χ1n) is 4.71. The number of carbonyl (C=O) groups excluding carboxylic acids is 1. The van der Waals surface area contributed by atoms with Crippen molar-refractivity contribution in [2.45, 2.75) is 18.9 Å². The summed E-state index contributed by atoms with van der Waals surface area (Å²) in [5.74, 6) is -0.148. The molecule has 76 valence electrons. The highest BCUT2D eigenvalue weighted by Crippen LogP contribution is 2.24. The fourth-order valence-corrected chi connectivity index (χ4v) is 1.71. The van der Waals surface area contributed by atoms with Crippen molar-refractivity contribution in [1.82, 2.24) is 5.32 Å². The van der Waals surface area contributed by atoms with Crippen LogP contribution >= 0.6 is 0 Å². The van der Waals surface area contributed by atoms with Crippen LogP contribution in [0.3, 0.4) is 0 Å². The first-order valence-corrected chi connectivity index (χ1v) is 4.71. The van der Waals surface area contributed by atoms with Gasteiger partial charge in [-0.1, -0.05) is 0 Å². The van der Waals surface area contributed by atoms with Crippen LogP contribution in [0.25, 0.3) is 0 Å². The lowest BCUT2D eigenvalue weighted by Crippen LogP contribution is -2.11. The number of methoxy groups -OCH3 is 1. The summed E-state index contributed by atoms with van der Waals surface area (Å²) in [6.07, 6.45) is 3.89. The van der Waals surface area contributed by atoms with Crippen molar-refractivity contribution in [2.24, 2.45) is 0 Å². The van der Waals surface area contributed by atoms with Gasteiger partial charge in [0.2, 0.25) is 5.76 Å². The van der Waals surface area contributed by atoms with Gasteiger partial charge in [0.1, 0.15) is 0 Å². The summed E-state index contributed by atoms with van der Waals surface area (Å²) in [5.41, 5.74) is 1.03. The molecule has 4 nitrogen and oxygen atoms in total. The average Bonchev–Trinajstić information content (AvgIpc) is 2.86. The highest BCUT2D eigenvalue weighted by atomic mass is 16.5. The summed E-state index contributed by atoms with van der Waals surface area (Å²) in [6, 6.07) is 2.08. The minimum atomic E-state index is -0.422. The molecule has 0 bridgehead atoms. The van der Waals surface area contributed by atoms with Crippen LogP contribution in [-0.2, 0) is 4.74 Å². The normalized spacial score (nSPS) is 21.1. The first kappa shape index (κ1) is 9.27. The monoisotopic (exact) mass is 195 g/mol. The Morgan fingerprint density at radius 1 is 1.71 bits per heavy atom. The van der Waals surface area contributed by atoms with E-state index in [-0.39, 0.29) is 5.76 Å². The lowest BCUT2D eigenvalue weighted by Gasteiger charge is -2.04. The Labute approximate surface area is 82.2 Å². The maximum absolute atomic E-state index is 11.1. The third-order valence-corrected chi connectivity index (χ3v) is 2.47.